The van der Waals surface area contributed by atoms with Gasteiger partial charge in [0.25, 0.3) is 0 Å². The summed E-state index contributed by atoms with van der Waals surface area (Å²) in [5.74, 6) is 0. The fourth-order valence-electron chi connectivity index (χ4n) is 1.91. The van der Waals surface area contributed by atoms with Crippen LogP contribution < -0.4 is 10.7 Å². The van der Waals surface area contributed by atoms with Crippen LogP contribution in [0.1, 0.15) is 16.7 Å². The number of nitrogens with zero attached hydrogens (tertiary/aromatic N) is 1. The van der Waals surface area contributed by atoms with Crippen molar-refractivity contribution in [2.24, 2.45) is 5.10 Å². The molecule has 108 valence electrons. The summed E-state index contributed by atoms with van der Waals surface area (Å²) in [4.78, 5) is 0. The number of nitrogens with one attached hydrogen (secondary N) is 2. The lowest BCUT2D eigenvalue weighted by molar-refractivity contribution is 1.05. The van der Waals surface area contributed by atoms with E-state index in [9.17, 15) is 0 Å². The predicted molar refractivity (Wildman–Crippen MR) is 97.0 cm³/mol. The van der Waals surface area contributed by atoms with E-state index >= 15 is 0 Å². The number of anilines is 1. The molecular weight excluding hydrogens is 346 g/mol. The molecule has 0 saturated heterocycles. The third-order valence-electron chi connectivity index (χ3n) is 2.95. The molecule has 0 saturated carbocycles. The highest BCUT2D eigenvalue weighted by Crippen LogP contribution is 2.19. The zero-order valence-corrected chi connectivity index (χ0v) is 14.3. The van der Waals surface area contributed by atoms with E-state index in [1.807, 2.05) is 56.3 Å². The number of thiocarbonyl (C=S) groups is 1. The molecule has 0 fully saturated rings. The van der Waals surface area contributed by atoms with Crippen LogP contribution in [0.3, 0.4) is 0 Å². The Morgan fingerprint density at radius 2 is 1.81 bits per heavy atom. The number of hydrogen-bond donors (Lipinski definition) is 2. The van der Waals surface area contributed by atoms with Crippen LogP contribution in [0.4, 0.5) is 5.69 Å². The van der Waals surface area contributed by atoms with E-state index in [2.05, 4.69) is 31.8 Å². The van der Waals surface area contributed by atoms with Crippen LogP contribution in [0.2, 0.25) is 0 Å². The van der Waals surface area contributed by atoms with Crippen LogP contribution in [-0.4, -0.2) is 11.3 Å². The molecule has 5 heteroatoms. The Morgan fingerprint density at radius 3 is 2.48 bits per heavy atom. The molecule has 0 heterocycles. The molecule has 0 atom stereocenters. The van der Waals surface area contributed by atoms with Gasteiger partial charge in [0.05, 0.1) is 6.21 Å². The molecule has 2 rings (SSSR count). The molecular formula is C16H16BrN3S. The van der Waals surface area contributed by atoms with Crippen molar-refractivity contribution in [3.05, 3.63) is 63.6 Å². The van der Waals surface area contributed by atoms with Crippen molar-refractivity contribution < 1.29 is 0 Å². The maximum Gasteiger partial charge on any atom is 0.191 e. The second kappa shape index (κ2) is 7.33. The van der Waals surface area contributed by atoms with Crippen LogP contribution in [0.25, 0.3) is 0 Å². The number of rotatable bonds is 3. The van der Waals surface area contributed by atoms with Gasteiger partial charge >= 0.3 is 0 Å². The number of aryl methyl sites for hydroxylation is 2. The molecule has 2 N–H and O–H groups in total. The van der Waals surface area contributed by atoms with Crippen LogP contribution in [-0.2, 0) is 0 Å². The molecule has 0 bridgehead atoms. The maximum absolute atomic E-state index is 5.25. The second-order valence-corrected chi connectivity index (χ2v) is 5.97. The van der Waals surface area contributed by atoms with Crippen molar-refractivity contribution >= 4 is 45.2 Å². The van der Waals surface area contributed by atoms with Gasteiger partial charge in [-0.1, -0.05) is 46.3 Å². The van der Waals surface area contributed by atoms with Gasteiger partial charge in [-0.15, -0.1) is 0 Å². The minimum atomic E-state index is 0.471. The van der Waals surface area contributed by atoms with Gasteiger partial charge in [0.1, 0.15) is 0 Å². The van der Waals surface area contributed by atoms with Crippen LogP contribution >= 0.6 is 28.1 Å². The lowest BCUT2D eigenvalue weighted by Crippen LogP contribution is -2.24. The Kier molecular flexibility index (Phi) is 5.47. The van der Waals surface area contributed by atoms with Gasteiger partial charge < -0.3 is 5.32 Å². The van der Waals surface area contributed by atoms with E-state index in [0.717, 1.165) is 26.9 Å². The molecule has 0 unspecified atom stereocenters. The van der Waals surface area contributed by atoms with Crippen molar-refractivity contribution in [1.82, 2.24) is 5.43 Å². The standard InChI is InChI=1S/C16H16BrN3S/c1-11-5-3-6-12(2)15(11)19-16(21)20-18-10-13-7-4-8-14(17)9-13/h3-10H,1-2H3,(H2,19,20,21)/b18-10-. The van der Waals surface area contributed by atoms with Gasteiger partial charge in [-0.05, 0) is 54.9 Å². The summed E-state index contributed by atoms with van der Waals surface area (Å²) < 4.78 is 1.02. The number of halogens is 1. The normalized spacial score (nSPS) is 10.6. The maximum atomic E-state index is 5.25. The predicted octanol–water partition coefficient (Wildman–Crippen LogP) is 4.39. The monoisotopic (exact) mass is 361 g/mol. The van der Waals surface area contributed by atoms with Gasteiger partial charge in [0.15, 0.2) is 5.11 Å². The van der Waals surface area contributed by atoms with E-state index in [1.165, 1.54) is 0 Å². The largest absolute Gasteiger partial charge is 0.331 e. The van der Waals surface area contributed by atoms with Crippen molar-refractivity contribution in [3.8, 4) is 0 Å². The average molecular weight is 362 g/mol. The fraction of sp³-hybridized carbons (Fsp3) is 0.125. The summed E-state index contributed by atoms with van der Waals surface area (Å²) in [5, 5.41) is 7.78. The lowest BCUT2D eigenvalue weighted by Gasteiger charge is -2.12. The molecule has 0 aromatic heterocycles. The van der Waals surface area contributed by atoms with Crippen molar-refractivity contribution in [1.29, 1.82) is 0 Å². The van der Waals surface area contributed by atoms with Gasteiger partial charge in [-0.3, -0.25) is 5.43 Å². The Hall–Kier alpha value is -1.72. The molecule has 0 radical (unpaired) electrons. The summed E-state index contributed by atoms with van der Waals surface area (Å²) >= 11 is 8.67. The smallest absolute Gasteiger partial charge is 0.191 e. The Labute approximate surface area is 138 Å². The molecule has 0 aliphatic rings. The van der Waals surface area contributed by atoms with Crippen molar-refractivity contribution in [2.45, 2.75) is 13.8 Å². The molecule has 2 aromatic rings. The van der Waals surface area contributed by atoms with Gasteiger partial charge in [0, 0.05) is 10.2 Å². The first kappa shape index (κ1) is 15.7. The highest BCUT2D eigenvalue weighted by atomic mass is 79.9. The summed E-state index contributed by atoms with van der Waals surface area (Å²) in [6, 6.07) is 14.0. The van der Waals surface area contributed by atoms with E-state index in [0.29, 0.717) is 5.11 Å². The Morgan fingerprint density at radius 1 is 1.14 bits per heavy atom. The van der Waals surface area contributed by atoms with Crippen LogP contribution in [0.5, 0.6) is 0 Å². The molecule has 0 amide bonds. The van der Waals surface area contributed by atoms with Gasteiger partial charge in [0.2, 0.25) is 0 Å². The number of para-hydroxylation sites is 1. The molecule has 21 heavy (non-hydrogen) atoms. The van der Waals surface area contributed by atoms with E-state index < -0.39 is 0 Å². The third-order valence-corrected chi connectivity index (χ3v) is 3.63. The first-order valence-corrected chi connectivity index (χ1v) is 7.68. The highest BCUT2D eigenvalue weighted by Gasteiger charge is 2.03. The van der Waals surface area contributed by atoms with E-state index in [1.54, 1.807) is 6.21 Å². The first-order valence-electron chi connectivity index (χ1n) is 6.48. The SMILES string of the molecule is Cc1cccc(C)c1NC(=S)N/N=C\c1cccc(Br)c1. The Bertz CT molecular complexity index is 663. The van der Waals surface area contributed by atoms with E-state index in [-0.39, 0.29) is 0 Å². The Balaban J connectivity index is 1.96. The lowest BCUT2D eigenvalue weighted by atomic mass is 10.1. The quantitative estimate of drug-likeness (QED) is 0.483. The summed E-state index contributed by atoms with van der Waals surface area (Å²) in [6.45, 7) is 4.09. The number of hydrazone groups is 1. The summed E-state index contributed by atoms with van der Waals surface area (Å²) in [7, 11) is 0. The zero-order valence-electron chi connectivity index (χ0n) is 11.9. The molecule has 2 aromatic carbocycles. The highest BCUT2D eigenvalue weighted by molar-refractivity contribution is 9.10. The summed E-state index contributed by atoms with van der Waals surface area (Å²) in [6.07, 6.45) is 1.73. The minimum absolute atomic E-state index is 0.471. The van der Waals surface area contributed by atoms with Gasteiger partial charge in [-0.2, -0.15) is 5.10 Å². The van der Waals surface area contributed by atoms with Crippen LogP contribution in [0, 0.1) is 13.8 Å². The van der Waals surface area contributed by atoms with Gasteiger partial charge in [-0.25, -0.2) is 0 Å². The van der Waals surface area contributed by atoms with Crippen molar-refractivity contribution in [2.75, 3.05) is 5.32 Å². The molecule has 0 spiro atoms. The number of hydrogen-bond acceptors (Lipinski definition) is 2. The zero-order chi connectivity index (χ0) is 15.2. The minimum Gasteiger partial charge on any atom is -0.331 e. The second-order valence-electron chi connectivity index (χ2n) is 4.65. The van der Waals surface area contributed by atoms with Crippen LogP contribution in [0.15, 0.2) is 52.0 Å². The molecule has 3 nitrogen and oxygen atoms in total. The topological polar surface area (TPSA) is 36.4 Å². The summed E-state index contributed by atoms with van der Waals surface area (Å²) in [5.41, 5.74) is 7.14. The fourth-order valence-corrected chi connectivity index (χ4v) is 2.48. The molecule has 0 aliphatic carbocycles. The number of benzene rings is 2. The average Bonchev–Trinajstić information content (AvgIpc) is 2.43. The van der Waals surface area contributed by atoms with E-state index in [4.69, 9.17) is 12.2 Å². The first-order chi connectivity index (χ1) is 10.1. The van der Waals surface area contributed by atoms with Crippen molar-refractivity contribution in [3.63, 3.8) is 0 Å². The third kappa shape index (κ3) is 4.65. The molecule has 0 aliphatic heterocycles.